The number of aryl methyl sites for hydroxylation is 1. The summed E-state index contributed by atoms with van der Waals surface area (Å²) in [4.78, 5) is 26.3. The first-order chi connectivity index (χ1) is 15.0. The Hall–Kier alpha value is -2.47. The first kappa shape index (κ1) is 20.4. The highest BCUT2D eigenvalue weighted by Crippen LogP contribution is 2.42. The molecular formula is C25H33N5O. The third kappa shape index (κ3) is 4.31. The summed E-state index contributed by atoms with van der Waals surface area (Å²) in [5.41, 5.74) is 4.51. The molecular weight excluding hydrogens is 386 g/mol. The molecule has 2 aromatic rings. The molecule has 6 nitrogen and oxygen atoms in total. The summed E-state index contributed by atoms with van der Waals surface area (Å²) >= 11 is 0. The first-order valence-corrected chi connectivity index (χ1v) is 11.6. The van der Waals surface area contributed by atoms with E-state index in [0.29, 0.717) is 17.9 Å². The predicted molar refractivity (Wildman–Crippen MR) is 123 cm³/mol. The highest BCUT2D eigenvalue weighted by atomic mass is 16.2. The third-order valence-electron chi connectivity index (χ3n) is 7.26. The van der Waals surface area contributed by atoms with E-state index >= 15 is 0 Å². The number of benzene rings is 1. The minimum absolute atomic E-state index is 0.260. The Morgan fingerprint density at radius 1 is 1.16 bits per heavy atom. The van der Waals surface area contributed by atoms with Gasteiger partial charge in [0.25, 0.3) is 0 Å². The van der Waals surface area contributed by atoms with Gasteiger partial charge in [0.05, 0.1) is 5.69 Å². The number of carbonyl (C=O) groups excluding carboxylic acids is 1. The summed E-state index contributed by atoms with van der Waals surface area (Å²) in [6.45, 7) is 4.96. The van der Waals surface area contributed by atoms with E-state index in [1.165, 1.54) is 17.8 Å². The number of hydrogen-bond donors (Lipinski definition) is 1. The zero-order chi connectivity index (χ0) is 21.5. The van der Waals surface area contributed by atoms with Crippen LogP contribution in [-0.4, -0.2) is 60.5 Å². The molecule has 4 atom stereocenters. The van der Waals surface area contributed by atoms with Crippen molar-refractivity contribution >= 4 is 11.6 Å². The van der Waals surface area contributed by atoms with Crippen molar-refractivity contribution in [2.24, 2.45) is 11.8 Å². The summed E-state index contributed by atoms with van der Waals surface area (Å²) in [7, 11) is 4.11. The quantitative estimate of drug-likeness (QED) is 0.779. The third-order valence-corrected chi connectivity index (χ3v) is 7.26. The van der Waals surface area contributed by atoms with E-state index in [2.05, 4.69) is 59.5 Å². The summed E-state index contributed by atoms with van der Waals surface area (Å²) in [6, 6.07) is 11.3. The van der Waals surface area contributed by atoms with Crippen molar-refractivity contribution in [3.05, 3.63) is 41.9 Å². The molecule has 2 bridgehead atoms. The molecule has 3 aliphatic heterocycles. The number of fused-ring (bicyclic) bond motifs is 3. The Morgan fingerprint density at radius 3 is 2.58 bits per heavy atom. The van der Waals surface area contributed by atoms with Gasteiger partial charge in [-0.15, -0.1) is 0 Å². The minimum Gasteiger partial charge on any atom is -0.378 e. The maximum absolute atomic E-state index is 12.1. The molecule has 3 saturated heterocycles. The molecule has 1 aromatic carbocycles. The molecule has 4 fully saturated rings. The van der Waals surface area contributed by atoms with Crippen molar-refractivity contribution in [2.75, 3.05) is 38.6 Å². The molecule has 1 saturated carbocycles. The fourth-order valence-electron chi connectivity index (χ4n) is 5.25. The van der Waals surface area contributed by atoms with Crippen LogP contribution in [0.5, 0.6) is 0 Å². The van der Waals surface area contributed by atoms with Crippen LogP contribution in [-0.2, 0) is 4.79 Å². The molecule has 1 N–H and O–H groups in total. The molecule has 0 radical (unpaired) electrons. The van der Waals surface area contributed by atoms with Crippen LogP contribution in [0.2, 0.25) is 0 Å². The van der Waals surface area contributed by atoms with Crippen LogP contribution < -0.4 is 10.2 Å². The van der Waals surface area contributed by atoms with Crippen molar-refractivity contribution in [1.82, 2.24) is 20.2 Å². The molecule has 31 heavy (non-hydrogen) atoms. The van der Waals surface area contributed by atoms with E-state index in [4.69, 9.17) is 9.97 Å². The molecule has 6 heteroatoms. The number of rotatable bonds is 6. The Morgan fingerprint density at radius 2 is 1.94 bits per heavy atom. The molecule has 0 spiro atoms. The average Bonchev–Trinajstić information content (AvgIpc) is 3.63. The van der Waals surface area contributed by atoms with Crippen molar-refractivity contribution in [2.45, 2.75) is 44.6 Å². The monoisotopic (exact) mass is 419 g/mol. The van der Waals surface area contributed by atoms with Crippen LogP contribution in [0, 0.1) is 18.8 Å². The second-order valence-electron chi connectivity index (χ2n) is 9.73. The average molecular weight is 420 g/mol. The number of amides is 1. The largest absolute Gasteiger partial charge is 0.378 e. The Balaban J connectivity index is 1.31. The van der Waals surface area contributed by atoms with Gasteiger partial charge in [-0.25, -0.2) is 9.97 Å². The number of nitrogens with one attached hydrogen (secondary N) is 1. The molecule has 4 heterocycles. The first-order valence-electron chi connectivity index (χ1n) is 11.6. The second kappa shape index (κ2) is 8.23. The van der Waals surface area contributed by atoms with Gasteiger partial charge in [-0.1, -0.05) is 12.1 Å². The smallest absolute Gasteiger partial charge is 0.223 e. The van der Waals surface area contributed by atoms with E-state index in [1.54, 1.807) is 0 Å². The standard InChI is InChI=1S/C25H33N5O/c1-16-27-23(17-6-8-20(9-7-17)29(2)3)13-24(28-16)22-15-30-11-10-19(22)12-21(30)14-26-25(31)18-4-5-18/h6-9,13,18-19,21-22H,4-5,10-12,14-15H2,1-3H3,(H,26,31). The molecule has 4 aliphatic rings. The van der Waals surface area contributed by atoms with Crippen LogP contribution in [0.4, 0.5) is 5.69 Å². The van der Waals surface area contributed by atoms with Crippen LogP contribution in [0.25, 0.3) is 11.3 Å². The van der Waals surface area contributed by atoms with Gasteiger partial charge in [0.15, 0.2) is 0 Å². The van der Waals surface area contributed by atoms with Gasteiger partial charge < -0.3 is 10.2 Å². The van der Waals surface area contributed by atoms with E-state index in [-0.39, 0.29) is 11.8 Å². The van der Waals surface area contributed by atoms with Gasteiger partial charge in [-0.3, -0.25) is 9.69 Å². The summed E-state index contributed by atoms with van der Waals surface area (Å²) in [5, 5.41) is 3.20. The molecule has 4 unspecified atom stereocenters. The summed E-state index contributed by atoms with van der Waals surface area (Å²) in [5.74, 6) is 2.47. The van der Waals surface area contributed by atoms with Crippen molar-refractivity contribution in [1.29, 1.82) is 0 Å². The van der Waals surface area contributed by atoms with Gasteiger partial charge in [-0.05, 0) is 63.3 Å². The highest BCUT2D eigenvalue weighted by Gasteiger charge is 2.42. The van der Waals surface area contributed by atoms with Crippen LogP contribution in [0.15, 0.2) is 30.3 Å². The number of anilines is 1. The van der Waals surface area contributed by atoms with E-state index in [0.717, 1.165) is 56.0 Å². The summed E-state index contributed by atoms with van der Waals surface area (Å²) < 4.78 is 0. The van der Waals surface area contributed by atoms with Gasteiger partial charge in [-0.2, -0.15) is 0 Å². The zero-order valence-electron chi connectivity index (χ0n) is 18.8. The van der Waals surface area contributed by atoms with E-state index < -0.39 is 0 Å². The topological polar surface area (TPSA) is 61.4 Å². The summed E-state index contributed by atoms with van der Waals surface area (Å²) in [6.07, 6.45) is 4.50. The van der Waals surface area contributed by atoms with Crippen molar-refractivity contribution in [3.63, 3.8) is 0 Å². The Kier molecular flexibility index (Phi) is 5.42. The lowest BCUT2D eigenvalue weighted by atomic mass is 9.74. The maximum atomic E-state index is 12.1. The number of piperidine rings is 3. The SMILES string of the molecule is Cc1nc(-c2ccc(N(C)C)cc2)cc(C2CN3CCC2CC3CNC(=O)C2CC2)n1. The van der Waals surface area contributed by atoms with Crippen molar-refractivity contribution in [3.8, 4) is 11.3 Å². The van der Waals surface area contributed by atoms with Crippen LogP contribution in [0.3, 0.4) is 0 Å². The maximum Gasteiger partial charge on any atom is 0.223 e. The number of carbonyl (C=O) groups is 1. The molecule has 1 amide bonds. The van der Waals surface area contributed by atoms with Crippen molar-refractivity contribution < 1.29 is 4.79 Å². The van der Waals surface area contributed by atoms with Gasteiger partial charge in [0, 0.05) is 62.0 Å². The molecule has 1 aliphatic carbocycles. The number of nitrogens with zero attached hydrogens (tertiary/aromatic N) is 4. The normalized spacial score (nSPS) is 27.2. The zero-order valence-corrected chi connectivity index (χ0v) is 18.8. The highest BCUT2D eigenvalue weighted by molar-refractivity contribution is 5.80. The lowest BCUT2D eigenvalue weighted by Crippen LogP contribution is -2.56. The van der Waals surface area contributed by atoms with Crippen LogP contribution in [0.1, 0.15) is 43.1 Å². The van der Waals surface area contributed by atoms with Crippen LogP contribution >= 0.6 is 0 Å². The second-order valence-corrected chi connectivity index (χ2v) is 9.73. The van der Waals surface area contributed by atoms with Gasteiger partial charge in [0.1, 0.15) is 5.82 Å². The molecule has 1 aromatic heterocycles. The van der Waals surface area contributed by atoms with E-state index in [1.807, 2.05) is 6.92 Å². The Labute approximate surface area is 185 Å². The minimum atomic E-state index is 0.260. The number of aromatic nitrogens is 2. The Bertz CT molecular complexity index is 953. The fraction of sp³-hybridized carbons (Fsp3) is 0.560. The molecule has 6 rings (SSSR count). The lowest BCUT2D eigenvalue weighted by molar-refractivity contribution is -0.122. The number of hydrogen-bond acceptors (Lipinski definition) is 5. The predicted octanol–water partition coefficient (Wildman–Crippen LogP) is 3.22. The van der Waals surface area contributed by atoms with Gasteiger partial charge in [0.2, 0.25) is 5.91 Å². The lowest BCUT2D eigenvalue weighted by Gasteiger charge is -2.49. The van der Waals surface area contributed by atoms with Gasteiger partial charge >= 0.3 is 0 Å². The van der Waals surface area contributed by atoms with E-state index in [9.17, 15) is 4.79 Å². The molecule has 164 valence electrons. The fourth-order valence-corrected chi connectivity index (χ4v) is 5.25.